The molecule has 1 aliphatic heterocycles. The molecule has 1 atom stereocenters. The number of guanidine groups is 1. The molecular weight excluding hydrogens is 413 g/mol. The van der Waals surface area contributed by atoms with Gasteiger partial charge in [0, 0.05) is 44.5 Å². The van der Waals surface area contributed by atoms with Crippen molar-refractivity contribution in [3.05, 3.63) is 54.4 Å². The molecule has 1 unspecified atom stereocenters. The number of likely N-dealkylation sites (tertiary alicyclic amines) is 1. The van der Waals surface area contributed by atoms with Crippen LogP contribution in [0.3, 0.4) is 0 Å². The number of hydrogen-bond donors (Lipinski definition) is 1. The Hall–Kier alpha value is -1.57. The number of nitrogens with one attached hydrogen (secondary N) is 1. The van der Waals surface area contributed by atoms with Crippen LogP contribution >= 0.6 is 24.0 Å². The van der Waals surface area contributed by atoms with Crippen molar-refractivity contribution in [3.63, 3.8) is 0 Å². The first-order valence-electron chi connectivity index (χ1n) is 8.20. The zero-order valence-corrected chi connectivity index (χ0v) is 16.7. The zero-order chi connectivity index (χ0) is 16.1. The Bertz CT molecular complexity index is 641. The SMILES string of the molecule is CN=C(NCCn1cccn1)N1CCC(C)(c2ccccc2)C1.I. The number of benzene rings is 1. The molecule has 0 amide bonds. The van der Waals surface area contributed by atoms with Gasteiger partial charge in [-0.15, -0.1) is 24.0 Å². The topological polar surface area (TPSA) is 45.5 Å². The molecule has 1 aromatic carbocycles. The minimum Gasteiger partial charge on any atom is -0.354 e. The minimum absolute atomic E-state index is 0. The van der Waals surface area contributed by atoms with Gasteiger partial charge in [0.15, 0.2) is 5.96 Å². The summed E-state index contributed by atoms with van der Waals surface area (Å²) in [7, 11) is 1.86. The molecule has 1 fully saturated rings. The molecule has 1 saturated heterocycles. The van der Waals surface area contributed by atoms with Crippen LogP contribution in [0.5, 0.6) is 0 Å². The molecule has 3 rings (SSSR count). The van der Waals surface area contributed by atoms with E-state index in [1.54, 1.807) is 6.20 Å². The molecule has 1 aliphatic rings. The van der Waals surface area contributed by atoms with Crippen molar-refractivity contribution in [2.75, 3.05) is 26.7 Å². The van der Waals surface area contributed by atoms with E-state index in [1.807, 2.05) is 24.0 Å². The second kappa shape index (κ2) is 8.50. The zero-order valence-electron chi connectivity index (χ0n) is 14.4. The second-order valence-electron chi connectivity index (χ2n) is 6.34. The lowest BCUT2D eigenvalue weighted by molar-refractivity contribution is 0.436. The van der Waals surface area contributed by atoms with Gasteiger partial charge < -0.3 is 10.2 Å². The lowest BCUT2D eigenvalue weighted by atomic mass is 9.82. The van der Waals surface area contributed by atoms with E-state index in [1.165, 1.54) is 5.56 Å². The van der Waals surface area contributed by atoms with Crippen molar-refractivity contribution in [1.82, 2.24) is 20.0 Å². The predicted molar refractivity (Wildman–Crippen MR) is 109 cm³/mol. The van der Waals surface area contributed by atoms with Gasteiger partial charge in [-0.2, -0.15) is 5.10 Å². The number of halogens is 1. The van der Waals surface area contributed by atoms with Crippen molar-refractivity contribution >= 4 is 29.9 Å². The smallest absolute Gasteiger partial charge is 0.193 e. The Kier molecular flexibility index (Phi) is 6.65. The van der Waals surface area contributed by atoms with Crippen LogP contribution < -0.4 is 5.32 Å². The summed E-state index contributed by atoms with van der Waals surface area (Å²) >= 11 is 0. The molecule has 5 nitrogen and oxygen atoms in total. The molecule has 0 saturated carbocycles. The highest BCUT2D eigenvalue weighted by Gasteiger charge is 2.36. The van der Waals surface area contributed by atoms with E-state index in [0.29, 0.717) is 0 Å². The van der Waals surface area contributed by atoms with Crippen LogP contribution in [0, 0.1) is 0 Å². The molecule has 6 heteroatoms. The van der Waals surface area contributed by atoms with Crippen LogP contribution in [0.25, 0.3) is 0 Å². The summed E-state index contributed by atoms with van der Waals surface area (Å²) in [6.45, 7) is 6.05. The first-order chi connectivity index (χ1) is 11.2. The van der Waals surface area contributed by atoms with E-state index in [4.69, 9.17) is 0 Å². The lowest BCUT2D eigenvalue weighted by Crippen LogP contribution is -2.42. The van der Waals surface area contributed by atoms with E-state index in [2.05, 4.69) is 57.6 Å². The molecule has 24 heavy (non-hydrogen) atoms. The fourth-order valence-corrected chi connectivity index (χ4v) is 3.27. The average Bonchev–Trinajstić information content (AvgIpc) is 3.23. The Morgan fingerprint density at radius 3 is 2.75 bits per heavy atom. The van der Waals surface area contributed by atoms with Crippen LogP contribution in [-0.2, 0) is 12.0 Å². The Morgan fingerprint density at radius 1 is 1.29 bits per heavy atom. The molecule has 1 N–H and O–H groups in total. The van der Waals surface area contributed by atoms with E-state index < -0.39 is 0 Å². The number of aromatic nitrogens is 2. The van der Waals surface area contributed by atoms with Crippen molar-refractivity contribution in [3.8, 4) is 0 Å². The molecule has 2 aromatic rings. The summed E-state index contributed by atoms with van der Waals surface area (Å²) in [6, 6.07) is 12.7. The summed E-state index contributed by atoms with van der Waals surface area (Å²) in [5.41, 5.74) is 1.61. The number of hydrogen-bond acceptors (Lipinski definition) is 2. The van der Waals surface area contributed by atoms with Gasteiger partial charge in [0.25, 0.3) is 0 Å². The van der Waals surface area contributed by atoms with Gasteiger partial charge in [-0.1, -0.05) is 37.3 Å². The predicted octanol–water partition coefficient (Wildman–Crippen LogP) is 2.74. The average molecular weight is 439 g/mol. The highest BCUT2D eigenvalue weighted by atomic mass is 127. The fourth-order valence-electron chi connectivity index (χ4n) is 3.27. The fraction of sp³-hybridized carbons (Fsp3) is 0.444. The molecule has 0 aliphatic carbocycles. The van der Waals surface area contributed by atoms with Crippen molar-refractivity contribution < 1.29 is 0 Å². The molecule has 0 radical (unpaired) electrons. The number of aliphatic imine (C=N–C) groups is 1. The normalized spacial score (nSPS) is 20.8. The number of rotatable bonds is 4. The monoisotopic (exact) mass is 439 g/mol. The molecule has 0 bridgehead atoms. The van der Waals surface area contributed by atoms with Gasteiger partial charge in [-0.25, -0.2) is 0 Å². The molecular formula is C18H26IN5. The van der Waals surface area contributed by atoms with Crippen LogP contribution in [0.2, 0.25) is 0 Å². The molecule has 0 spiro atoms. The van der Waals surface area contributed by atoms with Gasteiger partial charge in [-0.05, 0) is 18.1 Å². The third-order valence-electron chi connectivity index (χ3n) is 4.64. The summed E-state index contributed by atoms with van der Waals surface area (Å²) in [5, 5.41) is 7.68. The Balaban J connectivity index is 0.00000208. The summed E-state index contributed by atoms with van der Waals surface area (Å²) < 4.78 is 1.93. The maximum atomic E-state index is 4.45. The first kappa shape index (κ1) is 18.8. The van der Waals surface area contributed by atoms with Crippen molar-refractivity contribution in [1.29, 1.82) is 0 Å². The molecule has 130 valence electrons. The lowest BCUT2D eigenvalue weighted by Gasteiger charge is -2.27. The third-order valence-corrected chi connectivity index (χ3v) is 4.64. The van der Waals surface area contributed by atoms with E-state index in [-0.39, 0.29) is 29.4 Å². The second-order valence-corrected chi connectivity index (χ2v) is 6.34. The standard InChI is InChI=1S/C18H25N5.HI/c1-18(16-7-4-3-5-8-16)9-13-22(15-18)17(19-2)20-11-14-23-12-6-10-21-23;/h3-8,10,12H,9,11,13-15H2,1-2H3,(H,19,20);1H. The van der Waals surface area contributed by atoms with Crippen LogP contribution in [0.4, 0.5) is 0 Å². The maximum absolute atomic E-state index is 4.45. The van der Waals surface area contributed by atoms with Crippen molar-refractivity contribution in [2.45, 2.75) is 25.3 Å². The highest BCUT2D eigenvalue weighted by molar-refractivity contribution is 14.0. The third kappa shape index (κ3) is 4.28. The first-order valence-corrected chi connectivity index (χ1v) is 8.20. The van der Waals surface area contributed by atoms with E-state index >= 15 is 0 Å². The summed E-state index contributed by atoms with van der Waals surface area (Å²) in [4.78, 5) is 6.81. The quantitative estimate of drug-likeness (QED) is 0.453. The van der Waals surface area contributed by atoms with E-state index in [0.717, 1.165) is 38.6 Å². The largest absolute Gasteiger partial charge is 0.354 e. The highest BCUT2D eigenvalue weighted by Crippen LogP contribution is 2.33. The van der Waals surface area contributed by atoms with Gasteiger partial charge >= 0.3 is 0 Å². The van der Waals surface area contributed by atoms with Gasteiger partial charge in [0.05, 0.1) is 6.54 Å². The summed E-state index contributed by atoms with van der Waals surface area (Å²) in [6.07, 6.45) is 4.93. The number of nitrogens with zero attached hydrogens (tertiary/aromatic N) is 4. The Labute approximate surface area is 161 Å². The van der Waals surface area contributed by atoms with Gasteiger partial charge in [0.2, 0.25) is 0 Å². The summed E-state index contributed by atoms with van der Waals surface area (Å²) in [5.74, 6) is 0.983. The van der Waals surface area contributed by atoms with Gasteiger partial charge in [-0.3, -0.25) is 9.67 Å². The minimum atomic E-state index is 0. The maximum Gasteiger partial charge on any atom is 0.193 e. The van der Waals surface area contributed by atoms with Gasteiger partial charge in [0.1, 0.15) is 0 Å². The van der Waals surface area contributed by atoms with E-state index in [9.17, 15) is 0 Å². The molecule has 1 aromatic heterocycles. The molecule has 2 heterocycles. The van der Waals surface area contributed by atoms with Crippen LogP contribution in [-0.4, -0.2) is 47.3 Å². The van der Waals surface area contributed by atoms with Crippen molar-refractivity contribution in [2.24, 2.45) is 4.99 Å². The van der Waals surface area contributed by atoms with Crippen LogP contribution in [0.1, 0.15) is 18.9 Å². The van der Waals surface area contributed by atoms with Crippen LogP contribution in [0.15, 0.2) is 53.8 Å². The Morgan fingerprint density at radius 2 is 2.08 bits per heavy atom.